The maximum absolute atomic E-state index is 6.32. The molecular weight excluding hydrogens is 380 g/mol. The number of nitrogens with one attached hydrogen (secondary N) is 1. The molecule has 1 atom stereocenters. The minimum atomic E-state index is 0.226. The zero-order chi connectivity index (χ0) is 20.7. The molecule has 0 bridgehead atoms. The van der Waals surface area contributed by atoms with Crippen molar-refractivity contribution in [2.45, 2.75) is 32.4 Å². The van der Waals surface area contributed by atoms with Crippen LogP contribution >= 0.6 is 0 Å². The number of pyridine rings is 1. The van der Waals surface area contributed by atoms with Gasteiger partial charge in [-0.2, -0.15) is 10.1 Å². The highest BCUT2D eigenvalue weighted by molar-refractivity contribution is 5.63. The van der Waals surface area contributed by atoms with Crippen LogP contribution in [0.1, 0.15) is 24.2 Å². The van der Waals surface area contributed by atoms with E-state index in [-0.39, 0.29) is 6.10 Å². The number of fused-ring (bicyclic) bond motifs is 1. The molecule has 1 aromatic carbocycles. The van der Waals surface area contributed by atoms with Crippen LogP contribution in [0.25, 0.3) is 5.69 Å². The second-order valence-corrected chi connectivity index (χ2v) is 8.10. The van der Waals surface area contributed by atoms with E-state index in [1.54, 1.807) is 18.1 Å². The van der Waals surface area contributed by atoms with E-state index in [0.717, 1.165) is 41.7 Å². The summed E-state index contributed by atoms with van der Waals surface area (Å²) >= 11 is 0. The lowest BCUT2D eigenvalue weighted by molar-refractivity contribution is 0.138. The van der Waals surface area contributed by atoms with Gasteiger partial charge in [0.25, 0.3) is 0 Å². The third kappa shape index (κ3) is 3.82. The summed E-state index contributed by atoms with van der Waals surface area (Å²) in [6, 6.07) is 9.95. The average Bonchev–Trinajstić information content (AvgIpc) is 3.51. The first-order valence-corrected chi connectivity index (χ1v) is 10.3. The molecule has 30 heavy (non-hydrogen) atoms. The van der Waals surface area contributed by atoms with Crippen molar-refractivity contribution < 1.29 is 9.47 Å². The Labute approximate surface area is 175 Å². The average molecular weight is 406 g/mol. The molecule has 8 nitrogen and oxygen atoms in total. The van der Waals surface area contributed by atoms with E-state index in [2.05, 4.69) is 33.4 Å². The molecule has 1 aliphatic carbocycles. The van der Waals surface area contributed by atoms with Gasteiger partial charge in [0.1, 0.15) is 35.5 Å². The Morgan fingerprint density at radius 1 is 1.20 bits per heavy atom. The third-order valence-corrected chi connectivity index (χ3v) is 5.59. The molecule has 0 radical (unpaired) electrons. The molecule has 5 rings (SSSR count). The number of rotatable bonds is 5. The summed E-state index contributed by atoms with van der Waals surface area (Å²) in [6.45, 7) is 3.66. The van der Waals surface area contributed by atoms with Gasteiger partial charge >= 0.3 is 0 Å². The molecule has 1 unspecified atom stereocenters. The minimum Gasteiger partial charge on any atom is -0.494 e. The maximum atomic E-state index is 6.32. The SMILES string of the molecule is COc1cc(Nc2ccc3c(n2)OC(C2CC2)CN(C)C3)ccc1-n1cnc(C)n1. The van der Waals surface area contributed by atoms with Gasteiger partial charge < -0.3 is 14.8 Å². The van der Waals surface area contributed by atoms with Crippen molar-refractivity contribution in [3.63, 3.8) is 0 Å². The number of likely N-dealkylation sites (N-methyl/N-ethyl adjacent to an activating group) is 1. The van der Waals surface area contributed by atoms with Crippen LogP contribution < -0.4 is 14.8 Å². The highest BCUT2D eigenvalue weighted by Crippen LogP contribution is 2.37. The van der Waals surface area contributed by atoms with Gasteiger partial charge in [0, 0.05) is 30.4 Å². The van der Waals surface area contributed by atoms with E-state index in [4.69, 9.17) is 14.5 Å². The number of benzene rings is 1. The molecule has 3 heterocycles. The molecule has 0 amide bonds. The van der Waals surface area contributed by atoms with Crippen molar-refractivity contribution >= 4 is 11.5 Å². The normalized spacial score (nSPS) is 19.0. The Balaban J connectivity index is 1.39. The Kier molecular flexibility index (Phi) is 4.78. The monoisotopic (exact) mass is 406 g/mol. The summed E-state index contributed by atoms with van der Waals surface area (Å²) in [5, 5.41) is 7.74. The Bertz CT molecular complexity index is 1060. The molecule has 1 fully saturated rings. The summed E-state index contributed by atoms with van der Waals surface area (Å²) in [6.07, 6.45) is 4.41. The predicted molar refractivity (Wildman–Crippen MR) is 114 cm³/mol. The van der Waals surface area contributed by atoms with Crippen molar-refractivity contribution in [1.29, 1.82) is 0 Å². The molecule has 2 aliphatic rings. The van der Waals surface area contributed by atoms with Crippen LogP contribution in [0.5, 0.6) is 11.6 Å². The second kappa shape index (κ2) is 7.60. The lowest BCUT2D eigenvalue weighted by Crippen LogP contribution is -2.31. The summed E-state index contributed by atoms with van der Waals surface area (Å²) in [4.78, 5) is 11.3. The molecule has 1 aliphatic heterocycles. The minimum absolute atomic E-state index is 0.226. The molecule has 0 spiro atoms. The van der Waals surface area contributed by atoms with Crippen molar-refractivity contribution in [2.24, 2.45) is 5.92 Å². The number of hydrogen-bond acceptors (Lipinski definition) is 7. The molecule has 1 N–H and O–H groups in total. The van der Waals surface area contributed by atoms with Crippen LogP contribution in [0.2, 0.25) is 0 Å². The first-order valence-electron chi connectivity index (χ1n) is 10.3. The van der Waals surface area contributed by atoms with E-state index >= 15 is 0 Å². The van der Waals surface area contributed by atoms with Crippen LogP contribution in [0.3, 0.4) is 0 Å². The van der Waals surface area contributed by atoms with Gasteiger partial charge in [-0.25, -0.2) is 9.67 Å². The van der Waals surface area contributed by atoms with E-state index in [0.29, 0.717) is 17.5 Å². The van der Waals surface area contributed by atoms with Crippen molar-refractivity contribution in [2.75, 3.05) is 26.0 Å². The van der Waals surface area contributed by atoms with Crippen LogP contribution in [0.15, 0.2) is 36.7 Å². The summed E-state index contributed by atoms with van der Waals surface area (Å²) in [5.74, 6) is 3.56. The number of ether oxygens (including phenoxy) is 2. The number of hydrogen-bond donors (Lipinski definition) is 1. The van der Waals surface area contributed by atoms with Crippen LogP contribution in [0.4, 0.5) is 11.5 Å². The molecule has 156 valence electrons. The van der Waals surface area contributed by atoms with E-state index < -0.39 is 0 Å². The van der Waals surface area contributed by atoms with Gasteiger partial charge in [-0.1, -0.05) is 0 Å². The molecule has 3 aromatic rings. The fourth-order valence-electron chi connectivity index (χ4n) is 3.87. The van der Waals surface area contributed by atoms with Crippen molar-refractivity contribution in [3.8, 4) is 17.3 Å². The zero-order valence-electron chi connectivity index (χ0n) is 17.5. The highest BCUT2D eigenvalue weighted by Gasteiger charge is 2.36. The number of anilines is 2. The van der Waals surface area contributed by atoms with Gasteiger partial charge in [-0.05, 0) is 57.0 Å². The van der Waals surface area contributed by atoms with Crippen LogP contribution in [-0.2, 0) is 6.54 Å². The highest BCUT2D eigenvalue weighted by atomic mass is 16.5. The second-order valence-electron chi connectivity index (χ2n) is 8.10. The van der Waals surface area contributed by atoms with Crippen molar-refractivity contribution in [1.82, 2.24) is 24.6 Å². The number of aryl methyl sites for hydroxylation is 1. The maximum Gasteiger partial charge on any atom is 0.220 e. The third-order valence-electron chi connectivity index (χ3n) is 5.59. The summed E-state index contributed by atoms with van der Waals surface area (Å²) in [5.41, 5.74) is 2.84. The lowest BCUT2D eigenvalue weighted by Gasteiger charge is -2.19. The van der Waals surface area contributed by atoms with E-state index in [1.165, 1.54) is 12.8 Å². The smallest absolute Gasteiger partial charge is 0.220 e. The number of methoxy groups -OCH3 is 1. The largest absolute Gasteiger partial charge is 0.494 e. The topological polar surface area (TPSA) is 77.3 Å². The number of nitrogens with zero attached hydrogens (tertiary/aromatic N) is 5. The quantitative estimate of drug-likeness (QED) is 0.696. The van der Waals surface area contributed by atoms with Gasteiger partial charge in [0.15, 0.2) is 0 Å². The molecule has 2 aromatic heterocycles. The fourth-order valence-corrected chi connectivity index (χ4v) is 3.87. The lowest BCUT2D eigenvalue weighted by atomic mass is 10.2. The van der Waals surface area contributed by atoms with E-state index in [1.807, 2.05) is 31.2 Å². The first kappa shape index (κ1) is 18.9. The standard InChI is InChI=1S/C22H26N6O2/c1-14-23-13-28(26-14)18-8-7-17(10-19(18)29-3)24-21-9-6-16-11-27(2)12-20(15-4-5-15)30-22(16)25-21/h6-10,13,15,20H,4-5,11-12H2,1-3H3,(H,24,25). The molecular formula is C22H26N6O2. The molecule has 1 saturated carbocycles. The van der Waals surface area contributed by atoms with Gasteiger partial charge in [0.05, 0.1) is 7.11 Å². The zero-order valence-corrected chi connectivity index (χ0v) is 17.5. The first-order chi connectivity index (χ1) is 14.6. The van der Waals surface area contributed by atoms with E-state index in [9.17, 15) is 0 Å². The predicted octanol–water partition coefficient (Wildman–Crippen LogP) is 3.33. The van der Waals surface area contributed by atoms with Gasteiger partial charge in [0.2, 0.25) is 5.88 Å². The molecule has 0 saturated heterocycles. The molecule has 8 heteroatoms. The summed E-state index contributed by atoms with van der Waals surface area (Å²) < 4.78 is 13.6. The Morgan fingerprint density at radius 2 is 2.07 bits per heavy atom. The number of aromatic nitrogens is 4. The summed E-state index contributed by atoms with van der Waals surface area (Å²) in [7, 11) is 3.79. The van der Waals surface area contributed by atoms with Crippen LogP contribution in [0, 0.1) is 12.8 Å². The Morgan fingerprint density at radius 3 is 2.80 bits per heavy atom. The fraction of sp³-hybridized carbons (Fsp3) is 0.409. The Hall–Kier alpha value is -3.13. The van der Waals surface area contributed by atoms with Gasteiger partial charge in [-0.15, -0.1) is 0 Å². The van der Waals surface area contributed by atoms with Crippen LogP contribution in [-0.4, -0.2) is 51.5 Å². The van der Waals surface area contributed by atoms with Gasteiger partial charge in [-0.3, -0.25) is 4.90 Å². The van der Waals surface area contributed by atoms with Crippen molar-refractivity contribution in [3.05, 3.63) is 48.0 Å².